The van der Waals surface area contributed by atoms with E-state index in [1.165, 1.54) is 12.1 Å². The first-order valence-corrected chi connectivity index (χ1v) is 9.70. The van der Waals surface area contributed by atoms with E-state index in [4.69, 9.17) is 10.1 Å². The summed E-state index contributed by atoms with van der Waals surface area (Å²) < 4.78 is 1.92. The molecular weight excluding hydrogens is 368 g/mol. The van der Waals surface area contributed by atoms with Gasteiger partial charge in [-0.3, -0.25) is 4.79 Å². The lowest BCUT2D eigenvalue weighted by atomic mass is 10.0. The van der Waals surface area contributed by atoms with Crippen LogP contribution in [0.2, 0.25) is 0 Å². The van der Waals surface area contributed by atoms with Gasteiger partial charge in [-0.15, -0.1) is 0 Å². The first kappa shape index (κ1) is 20.5. The average molecular weight is 394 g/mol. The van der Waals surface area contributed by atoms with Gasteiger partial charge in [0.2, 0.25) is 5.91 Å². The number of aromatic nitrogens is 3. The number of fused-ring (bicyclic) bond motifs is 1. The molecule has 7 nitrogen and oxygen atoms in total. The molecule has 2 aromatic heterocycles. The zero-order valence-electron chi connectivity index (χ0n) is 17.2. The maximum absolute atomic E-state index is 12.3. The van der Waals surface area contributed by atoms with Crippen LogP contribution in [0.15, 0.2) is 30.5 Å². The van der Waals surface area contributed by atoms with Crippen molar-refractivity contribution in [2.75, 3.05) is 0 Å². The molecule has 152 valence electrons. The number of hydrogen-bond donors (Lipinski definition) is 2. The lowest BCUT2D eigenvalue weighted by Gasteiger charge is -2.13. The number of nitrogens with one attached hydrogen (secondary N) is 1. The predicted octanol–water partition coefficient (Wildman–Crippen LogP) is 3.58. The quantitative estimate of drug-likeness (QED) is 0.638. The highest BCUT2D eigenvalue weighted by atomic mass is 16.4. The van der Waals surface area contributed by atoms with Crippen LogP contribution in [-0.4, -0.2) is 31.7 Å². The highest BCUT2D eigenvalue weighted by Crippen LogP contribution is 2.25. The number of carboxylic acid groups (broad SMARTS) is 1. The Kier molecular flexibility index (Phi) is 5.96. The van der Waals surface area contributed by atoms with Crippen molar-refractivity contribution in [3.8, 4) is 0 Å². The van der Waals surface area contributed by atoms with Gasteiger partial charge >= 0.3 is 5.97 Å². The van der Waals surface area contributed by atoms with Crippen LogP contribution in [0.4, 0.5) is 0 Å². The minimum atomic E-state index is -0.962. The first-order chi connectivity index (χ1) is 13.8. The molecule has 1 amide bonds. The van der Waals surface area contributed by atoms with Crippen LogP contribution in [0.3, 0.4) is 0 Å². The van der Waals surface area contributed by atoms with E-state index in [1.807, 2.05) is 17.8 Å². The fourth-order valence-corrected chi connectivity index (χ4v) is 3.43. The van der Waals surface area contributed by atoms with E-state index in [2.05, 4.69) is 31.2 Å². The Morgan fingerprint density at radius 2 is 1.86 bits per heavy atom. The highest BCUT2D eigenvalue weighted by molar-refractivity contribution is 5.87. The highest BCUT2D eigenvalue weighted by Gasteiger charge is 2.15. The monoisotopic (exact) mass is 394 g/mol. The Morgan fingerprint density at radius 3 is 2.48 bits per heavy atom. The van der Waals surface area contributed by atoms with Gasteiger partial charge in [0.05, 0.1) is 11.8 Å². The minimum Gasteiger partial charge on any atom is -0.478 e. The molecule has 0 aliphatic rings. The molecule has 29 heavy (non-hydrogen) atoms. The normalized spacial score (nSPS) is 11.2. The smallest absolute Gasteiger partial charge is 0.335 e. The molecule has 2 N–H and O–H groups in total. The van der Waals surface area contributed by atoms with E-state index in [0.717, 1.165) is 33.4 Å². The van der Waals surface area contributed by atoms with Crippen molar-refractivity contribution in [2.24, 2.45) is 0 Å². The molecule has 0 aliphatic carbocycles. The van der Waals surface area contributed by atoms with Crippen LogP contribution in [0.5, 0.6) is 0 Å². The largest absolute Gasteiger partial charge is 0.478 e. The second-order valence-corrected chi connectivity index (χ2v) is 7.50. The molecule has 3 aromatic rings. The maximum Gasteiger partial charge on any atom is 0.335 e. The van der Waals surface area contributed by atoms with Crippen molar-refractivity contribution in [3.63, 3.8) is 0 Å². The molecular formula is C22H26N4O3. The lowest BCUT2D eigenvalue weighted by molar-refractivity contribution is -0.121. The Morgan fingerprint density at radius 1 is 1.17 bits per heavy atom. The second kappa shape index (κ2) is 8.43. The number of aryl methyl sites for hydroxylation is 2. The van der Waals surface area contributed by atoms with Gasteiger partial charge in [0, 0.05) is 30.1 Å². The number of nitrogens with zero attached hydrogens (tertiary/aromatic N) is 3. The number of hydrogen-bond acceptors (Lipinski definition) is 4. The summed E-state index contributed by atoms with van der Waals surface area (Å²) in [5, 5.41) is 17.3. The summed E-state index contributed by atoms with van der Waals surface area (Å²) >= 11 is 0. The molecule has 0 spiro atoms. The third-order valence-corrected chi connectivity index (χ3v) is 5.12. The zero-order chi connectivity index (χ0) is 21.1. The van der Waals surface area contributed by atoms with Gasteiger partial charge in [-0.2, -0.15) is 5.10 Å². The molecule has 0 saturated carbocycles. The Bertz CT molecular complexity index is 1050. The molecule has 3 rings (SSSR count). The summed E-state index contributed by atoms with van der Waals surface area (Å²) in [6.07, 6.45) is 2.82. The Labute approximate surface area is 169 Å². The van der Waals surface area contributed by atoms with Crippen LogP contribution in [0, 0.1) is 13.8 Å². The molecule has 0 fully saturated rings. The molecule has 0 atom stereocenters. The van der Waals surface area contributed by atoms with Crippen molar-refractivity contribution in [3.05, 3.63) is 58.4 Å². The van der Waals surface area contributed by atoms with Crippen molar-refractivity contribution in [2.45, 2.75) is 53.1 Å². The maximum atomic E-state index is 12.3. The number of carboxylic acids is 1. The average Bonchev–Trinajstić information content (AvgIpc) is 3.10. The number of aromatic carboxylic acids is 1. The second-order valence-electron chi connectivity index (χ2n) is 7.50. The molecule has 0 bridgehead atoms. The van der Waals surface area contributed by atoms with Gasteiger partial charge in [0.15, 0.2) is 5.65 Å². The Hall–Kier alpha value is -3.22. The van der Waals surface area contributed by atoms with E-state index in [9.17, 15) is 9.59 Å². The molecule has 7 heteroatoms. The molecule has 0 radical (unpaired) electrons. The van der Waals surface area contributed by atoms with Gasteiger partial charge in [0.25, 0.3) is 0 Å². The van der Waals surface area contributed by atoms with E-state index in [-0.39, 0.29) is 17.5 Å². The third-order valence-electron chi connectivity index (χ3n) is 5.12. The zero-order valence-corrected chi connectivity index (χ0v) is 17.2. The summed E-state index contributed by atoms with van der Waals surface area (Å²) in [5.74, 6) is -1.01. The van der Waals surface area contributed by atoms with Gasteiger partial charge in [0.1, 0.15) is 0 Å². The van der Waals surface area contributed by atoms with Crippen LogP contribution < -0.4 is 5.32 Å². The van der Waals surface area contributed by atoms with Crippen LogP contribution in [-0.2, 0) is 17.8 Å². The molecule has 2 heterocycles. The van der Waals surface area contributed by atoms with Crippen molar-refractivity contribution in [1.29, 1.82) is 0 Å². The standard InChI is InChI=1S/C22H26N4O3/c1-13(2)26-21-19(12-24-26)14(3)18(15(4)25-21)9-10-20(27)23-11-16-5-7-17(8-6-16)22(28)29/h5-8,12-13H,9-11H2,1-4H3,(H,23,27)(H,28,29). The fraction of sp³-hybridized carbons (Fsp3) is 0.364. The molecule has 0 aliphatic heterocycles. The van der Waals surface area contributed by atoms with Crippen LogP contribution >= 0.6 is 0 Å². The molecule has 1 aromatic carbocycles. The topological polar surface area (TPSA) is 97.1 Å². The van der Waals surface area contributed by atoms with Gasteiger partial charge < -0.3 is 10.4 Å². The molecule has 0 saturated heterocycles. The number of carbonyl (C=O) groups is 2. The summed E-state index contributed by atoms with van der Waals surface area (Å²) in [6, 6.07) is 6.73. The van der Waals surface area contributed by atoms with Gasteiger partial charge in [-0.1, -0.05) is 12.1 Å². The van der Waals surface area contributed by atoms with Crippen LogP contribution in [0.1, 0.15) is 59.1 Å². The van der Waals surface area contributed by atoms with E-state index >= 15 is 0 Å². The van der Waals surface area contributed by atoms with E-state index in [0.29, 0.717) is 19.4 Å². The summed E-state index contributed by atoms with van der Waals surface area (Å²) in [6.45, 7) is 8.55. The predicted molar refractivity (Wildman–Crippen MR) is 111 cm³/mol. The van der Waals surface area contributed by atoms with Crippen molar-refractivity contribution >= 4 is 22.9 Å². The SMILES string of the molecule is Cc1nc2c(cnn2C(C)C)c(C)c1CCC(=O)NCc1ccc(C(=O)O)cc1. The number of benzene rings is 1. The molecule has 0 unspecified atom stereocenters. The third kappa shape index (κ3) is 4.45. The number of rotatable bonds is 7. The summed E-state index contributed by atoms with van der Waals surface area (Å²) in [5.41, 5.74) is 5.11. The van der Waals surface area contributed by atoms with Gasteiger partial charge in [-0.25, -0.2) is 14.5 Å². The number of pyridine rings is 1. The van der Waals surface area contributed by atoms with Crippen molar-refractivity contribution in [1.82, 2.24) is 20.1 Å². The number of amides is 1. The fourth-order valence-electron chi connectivity index (χ4n) is 3.43. The van der Waals surface area contributed by atoms with Gasteiger partial charge in [-0.05, 0) is 62.9 Å². The Balaban J connectivity index is 1.64. The lowest BCUT2D eigenvalue weighted by Crippen LogP contribution is -2.23. The minimum absolute atomic E-state index is 0.0518. The van der Waals surface area contributed by atoms with E-state index < -0.39 is 5.97 Å². The van der Waals surface area contributed by atoms with Crippen molar-refractivity contribution < 1.29 is 14.7 Å². The number of carbonyl (C=O) groups excluding carboxylic acids is 1. The summed E-state index contributed by atoms with van der Waals surface area (Å²) in [7, 11) is 0. The van der Waals surface area contributed by atoms with E-state index in [1.54, 1.807) is 12.1 Å². The first-order valence-electron chi connectivity index (χ1n) is 9.70. The van der Waals surface area contributed by atoms with Crippen LogP contribution in [0.25, 0.3) is 11.0 Å². The summed E-state index contributed by atoms with van der Waals surface area (Å²) in [4.78, 5) is 27.9.